The largest absolute Gasteiger partial charge is 0.464 e. The van der Waals surface area contributed by atoms with E-state index in [9.17, 15) is 9.59 Å². The monoisotopic (exact) mass is 420 g/mol. The first kappa shape index (κ1) is 19.3. The van der Waals surface area contributed by atoms with E-state index in [1.54, 1.807) is 6.07 Å². The molecule has 1 amide bonds. The Morgan fingerprint density at radius 2 is 1.97 bits per heavy atom. The number of carbonyl (C=O) groups excluding carboxylic acids is 2. The fourth-order valence-corrected chi connectivity index (χ4v) is 4.42. The van der Waals surface area contributed by atoms with Gasteiger partial charge >= 0.3 is 5.97 Å². The number of rotatable bonds is 4. The number of aromatic nitrogens is 3. The number of amides is 1. The molecule has 3 N–H and O–H groups in total. The third kappa shape index (κ3) is 3.45. The molecule has 2 aromatic heterocycles. The normalized spacial score (nSPS) is 17.2. The molecule has 9 nitrogen and oxygen atoms in total. The molecular weight excluding hydrogens is 396 g/mol. The maximum absolute atomic E-state index is 13.1. The molecule has 0 radical (unpaired) electrons. The highest BCUT2D eigenvalue weighted by molar-refractivity contribution is 5.97. The molecule has 0 bridgehead atoms. The third-order valence-electron chi connectivity index (χ3n) is 6.22. The average Bonchev–Trinajstić information content (AvgIpc) is 3.38. The lowest BCUT2D eigenvalue weighted by molar-refractivity contribution is -0.134. The van der Waals surface area contributed by atoms with E-state index in [0.29, 0.717) is 43.1 Å². The molecule has 1 aliphatic carbocycles. The van der Waals surface area contributed by atoms with Gasteiger partial charge < -0.3 is 25.3 Å². The minimum atomic E-state index is -0.444. The first-order valence-corrected chi connectivity index (χ1v) is 10.3. The summed E-state index contributed by atoms with van der Waals surface area (Å²) in [6.45, 7) is 2.01. The third-order valence-corrected chi connectivity index (χ3v) is 6.22. The van der Waals surface area contributed by atoms with Crippen molar-refractivity contribution in [3.63, 3.8) is 0 Å². The van der Waals surface area contributed by atoms with Crippen LogP contribution in [0, 0.1) is 0 Å². The van der Waals surface area contributed by atoms with E-state index in [-0.39, 0.29) is 11.4 Å². The number of hydrogen-bond acceptors (Lipinski definition) is 7. The van der Waals surface area contributed by atoms with Gasteiger partial charge in [0.15, 0.2) is 0 Å². The molecule has 0 unspecified atom stereocenters. The maximum Gasteiger partial charge on any atom is 0.354 e. The highest BCUT2D eigenvalue weighted by Gasteiger charge is 2.53. The number of aromatic amines is 1. The van der Waals surface area contributed by atoms with Gasteiger partial charge in [-0.3, -0.25) is 4.79 Å². The van der Waals surface area contributed by atoms with Gasteiger partial charge in [-0.1, -0.05) is 12.1 Å². The maximum atomic E-state index is 13.1. The molecule has 1 aromatic carbocycles. The Labute approximate surface area is 179 Å². The van der Waals surface area contributed by atoms with Crippen molar-refractivity contribution in [2.75, 3.05) is 37.4 Å². The number of nitrogen functional groups attached to an aromatic ring is 1. The van der Waals surface area contributed by atoms with Crippen LogP contribution in [0.4, 0.5) is 11.5 Å². The molecule has 31 heavy (non-hydrogen) atoms. The van der Waals surface area contributed by atoms with Gasteiger partial charge in [0.05, 0.1) is 24.5 Å². The smallest absolute Gasteiger partial charge is 0.354 e. The number of nitrogens with one attached hydrogen (secondary N) is 1. The fourth-order valence-electron chi connectivity index (χ4n) is 4.42. The van der Waals surface area contributed by atoms with E-state index in [2.05, 4.69) is 19.9 Å². The van der Waals surface area contributed by atoms with Crippen LogP contribution in [-0.4, -0.2) is 64.0 Å². The molecule has 1 spiro atoms. The topological polar surface area (TPSA) is 117 Å². The molecule has 1 saturated heterocycles. The van der Waals surface area contributed by atoms with Crippen molar-refractivity contribution in [2.45, 2.75) is 24.8 Å². The molecule has 3 heterocycles. The van der Waals surface area contributed by atoms with Gasteiger partial charge in [0, 0.05) is 25.3 Å². The van der Waals surface area contributed by atoms with Crippen molar-refractivity contribution in [1.29, 1.82) is 0 Å². The van der Waals surface area contributed by atoms with Crippen molar-refractivity contribution in [1.82, 2.24) is 19.9 Å². The van der Waals surface area contributed by atoms with Gasteiger partial charge in [0.1, 0.15) is 23.5 Å². The van der Waals surface area contributed by atoms with E-state index in [4.69, 9.17) is 10.5 Å². The molecule has 1 aliphatic heterocycles. The summed E-state index contributed by atoms with van der Waals surface area (Å²) in [7, 11) is 1.35. The van der Waals surface area contributed by atoms with Crippen molar-refractivity contribution in [3.8, 4) is 0 Å². The number of nitrogens with zero attached hydrogens (tertiary/aromatic N) is 4. The lowest BCUT2D eigenvalue weighted by Gasteiger charge is -2.43. The molecular formula is C22H24N6O3. The van der Waals surface area contributed by atoms with Crippen molar-refractivity contribution in [3.05, 3.63) is 47.9 Å². The SMILES string of the molecule is COC(=O)c1cc2c(N3CCN(C(=O)Cc4ccc(N)cc4)C4(CC4)C3)ncnc2[nH]1. The summed E-state index contributed by atoms with van der Waals surface area (Å²) in [6.07, 6.45) is 3.82. The second-order valence-electron chi connectivity index (χ2n) is 8.24. The van der Waals surface area contributed by atoms with Gasteiger partial charge in [-0.05, 0) is 36.6 Å². The molecule has 3 aromatic rings. The Balaban J connectivity index is 1.36. The number of hydrogen-bond donors (Lipinski definition) is 2. The fraction of sp³-hybridized carbons (Fsp3) is 0.364. The first-order valence-electron chi connectivity index (χ1n) is 10.3. The predicted octanol–water partition coefficient (Wildman–Crippen LogP) is 1.75. The molecule has 5 rings (SSSR count). The van der Waals surface area contributed by atoms with Gasteiger partial charge in [-0.2, -0.15) is 0 Å². The number of benzene rings is 1. The highest BCUT2D eigenvalue weighted by Crippen LogP contribution is 2.45. The molecule has 0 atom stereocenters. The molecule has 160 valence electrons. The summed E-state index contributed by atoms with van der Waals surface area (Å²) in [6, 6.07) is 9.20. The minimum Gasteiger partial charge on any atom is -0.464 e. The average molecular weight is 420 g/mol. The van der Waals surface area contributed by atoms with Crippen molar-refractivity contribution >= 4 is 34.4 Å². The molecule has 2 fully saturated rings. The van der Waals surface area contributed by atoms with E-state index >= 15 is 0 Å². The van der Waals surface area contributed by atoms with Crippen molar-refractivity contribution < 1.29 is 14.3 Å². The minimum absolute atomic E-state index is 0.143. The summed E-state index contributed by atoms with van der Waals surface area (Å²) in [5, 5.41) is 0.778. The summed E-state index contributed by atoms with van der Waals surface area (Å²) < 4.78 is 4.81. The van der Waals surface area contributed by atoms with Crippen molar-refractivity contribution in [2.24, 2.45) is 0 Å². The Morgan fingerprint density at radius 3 is 2.68 bits per heavy atom. The van der Waals surface area contributed by atoms with Crippen LogP contribution in [0.25, 0.3) is 11.0 Å². The van der Waals surface area contributed by atoms with Gasteiger partial charge in [0.25, 0.3) is 0 Å². The number of esters is 1. The Bertz CT molecular complexity index is 1150. The van der Waals surface area contributed by atoms with Crippen LogP contribution < -0.4 is 10.6 Å². The lowest BCUT2D eigenvalue weighted by Crippen LogP contribution is -2.57. The number of carbonyl (C=O) groups is 2. The summed E-state index contributed by atoms with van der Waals surface area (Å²) in [5.41, 5.74) is 8.20. The molecule has 1 saturated carbocycles. The van der Waals surface area contributed by atoms with E-state index in [1.807, 2.05) is 29.2 Å². The van der Waals surface area contributed by atoms with Gasteiger partial charge in [-0.15, -0.1) is 0 Å². The number of piperazine rings is 1. The van der Waals surface area contributed by atoms with Crippen LogP contribution in [-0.2, 0) is 16.0 Å². The van der Waals surface area contributed by atoms with Gasteiger partial charge in [-0.25, -0.2) is 14.8 Å². The molecule has 9 heteroatoms. The van der Waals surface area contributed by atoms with Crippen LogP contribution in [0.1, 0.15) is 28.9 Å². The van der Waals surface area contributed by atoms with Crippen LogP contribution in [0.5, 0.6) is 0 Å². The first-order chi connectivity index (χ1) is 15.0. The predicted molar refractivity (Wildman–Crippen MR) is 116 cm³/mol. The number of nitrogens with two attached hydrogens (primary N) is 1. The second kappa shape index (κ2) is 7.26. The van der Waals surface area contributed by atoms with Crippen LogP contribution in [0.3, 0.4) is 0 Å². The zero-order valence-corrected chi connectivity index (χ0v) is 17.3. The van der Waals surface area contributed by atoms with Crippen LogP contribution >= 0.6 is 0 Å². The number of fused-ring (bicyclic) bond motifs is 1. The second-order valence-corrected chi connectivity index (χ2v) is 8.24. The van der Waals surface area contributed by atoms with E-state index in [0.717, 1.165) is 29.6 Å². The molecule has 2 aliphatic rings. The van der Waals surface area contributed by atoms with E-state index < -0.39 is 5.97 Å². The summed E-state index contributed by atoms with van der Waals surface area (Å²) in [4.78, 5) is 40.9. The Hall–Kier alpha value is -3.62. The Morgan fingerprint density at radius 1 is 1.19 bits per heavy atom. The highest BCUT2D eigenvalue weighted by atomic mass is 16.5. The van der Waals surface area contributed by atoms with Crippen LogP contribution in [0.2, 0.25) is 0 Å². The van der Waals surface area contributed by atoms with Crippen LogP contribution in [0.15, 0.2) is 36.7 Å². The number of anilines is 2. The zero-order chi connectivity index (χ0) is 21.6. The number of H-pyrrole nitrogens is 1. The number of methoxy groups -OCH3 is 1. The summed E-state index contributed by atoms with van der Waals surface area (Å²) >= 11 is 0. The van der Waals surface area contributed by atoms with E-state index in [1.165, 1.54) is 13.4 Å². The standard InChI is InChI=1S/C22H24N6O3/c1-31-21(30)17-11-16-19(26-17)24-13-25-20(16)27-8-9-28(22(12-27)6-7-22)18(29)10-14-2-4-15(23)5-3-14/h2-5,11,13H,6-10,12,23H2,1H3,(H,24,25,26). The lowest BCUT2D eigenvalue weighted by atomic mass is 10.1. The number of ether oxygens (including phenoxy) is 1. The quantitative estimate of drug-likeness (QED) is 0.488. The Kier molecular flexibility index (Phi) is 4.53. The van der Waals surface area contributed by atoms with Gasteiger partial charge in [0.2, 0.25) is 5.91 Å². The zero-order valence-electron chi connectivity index (χ0n) is 17.3. The summed E-state index contributed by atoms with van der Waals surface area (Å²) in [5.74, 6) is 0.471.